The second kappa shape index (κ2) is 7.99. The molecule has 6 nitrogen and oxygen atoms in total. The first kappa shape index (κ1) is 18.4. The van der Waals surface area contributed by atoms with Gasteiger partial charge in [0, 0.05) is 49.0 Å². The molecule has 7 heteroatoms. The van der Waals surface area contributed by atoms with Crippen molar-refractivity contribution in [2.75, 3.05) is 37.7 Å². The Labute approximate surface area is 174 Å². The number of ether oxygens (including phenoxy) is 1. The zero-order chi connectivity index (χ0) is 19.6. The molecule has 1 fully saturated rings. The molecule has 5 rings (SSSR count). The van der Waals surface area contributed by atoms with Crippen molar-refractivity contribution in [3.63, 3.8) is 0 Å². The summed E-state index contributed by atoms with van der Waals surface area (Å²) in [4.78, 5) is 21.3. The standard InChI is InChI=1S/C22H24N4O2S/c27-21(15-28-19-9-10-23-18-7-3-1-5-16(18)19)25-11-13-26(14-12-25)22-17-6-2-4-8-20(17)29-24-22/h2,4,6,8-10H,1,3,5,7,11-15H2. The van der Waals surface area contributed by atoms with E-state index in [0.717, 1.165) is 49.6 Å². The minimum atomic E-state index is 0.0501. The number of anilines is 1. The van der Waals surface area contributed by atoms with E-state index in [4.69, 9.17) is 4.74 Å². The lowest BCUT2D eigenvalue weighted by Crippen LogP contribution is -2.50. The lowest BCUT2D eigenvalue weighted by molar-refractivity contribution is -0.133. The number of benzene rings is 1. The van der Waals surface area contributed by atoms with Crippen LogP contribution in [0.2, 0.25) is 0 Å². The second-order valence-electron chi connectivity index (χ2n) is 7.60. The van der Waals surface area contributed by atoms with E-state index in [1.807, 2.05) is 17.0 Å². The minimum Gasteiger partial charge on any atom is -0.483 e. The van der Waals surface area contributed by atoms with Crippen molar-refractivity contribution in [2.24, 2.45) is 0 Å². The van der Waals surface area contributed by atoms with Gasteiger partial charge in [0.1, 0.15) is 11.6 Å². The molecule has 1 aliphatic carbocycles. The number of nitrogens with zero attached hydrogens (tertiary/aromatic N) is 4. The van der Waals surface area contributed by atoms with Crippen molar-refractivity contribution in [3.8, 4) is 5.75 Å². The summed E-state index contributed by atoms with van der Waals surface area (Å²) in [7, 11) is 0. The van der Waals surface area contributed by atoms with Crippen molar-refractivity contribution in [1.29, 1.82) is 0 Å². The van der Waals surface area contributed by atoms with Gasteiger partial charge in [0.15, 0.2) is 6.61 Å². The molecule has 0 N–H and O–H groups in total. The molecule has 1 saturated heterocycles. The maximum absolute atomic E-state index is 12.7. The molecule has 3 heterocycles. The number of pyridine rings is 1. The van der Waals surface area contributed by atoms with E-state index in [1.165, 1.54) is 33.6 Å². The number of hydrogen-bond donors (Lipinski definition) is 0. The van der Waals surface area contributed by atoms with Crippen LogP contribution in [0.3, 0.4) is 0 Å². The lowest BCUT2D eigenvalue weighted by atomic mass is 9.95. The smallest absolute Gasteiger partial charge is 0.260 e. The molecule has 0 spiro atoms. The fourth-order valence-electron chi connectivity index (χ4n) is 4.23. The summed E-state index contributed by atoms with van der Waals surface area (Å²) < 4.78 is 11.8. The molecule has 0 radical (unpaired) electrons. The Bertz CT molecular complexity index is 1030. The number of hydrogen-bond acceptors (Lipinski definition) is 6. The number of carbonyl (C=O) groups excluding carboxylic acids is 1. The summed E-state index contributed by atoms with van der Waals surface area (Å²) in [6.45, 7) is 3.08. The first-order valence-corrected chi connectivity index (χ1v) is 11.0. The van der Waals surface area contributed by atoms with Crippen molar-refractivity contribution in [3.05, 3.63) is 47.8 Å². The van der Waals surface area contributed by atoms with Crippen LogP contribution in [-0.4, -0.2) is 53.0 Å². The van der Waals surface area contributed by atoms with Gasteiger partial charge in [-0.15, -0.1) is 0 Å². The van der Waals surface area contributed by atoms with Gasteiger partial charge < -0.3 is 14.5 Å². The molecule has 29 heavy (non-hydrogen) atoms. The highest BCUT2D eigenvalue weighted by Gasteiger charge is 2.24. The normalized spacial score (nSPS) is 16.7. The predicted octanol–water partition coefficient (Wildman–Crippen LogP) is 3.30. The highest BCUT2D eigenvalue weighted by Crippen LogP contribution is 2.30. The molecule has 1 aliphatic heterocycles. The third kappa shape index (κ3) is 3.67. The van der Waals surface area contributed by atoms with E-state index < -0.39 is 0 Å². The highest BCUT2D eigenvalue weighted by molar-refractivity contribution is 7.13. The van der Waals surface area contributed by atoms with Gasteiger partial charge in [0.25, 0.3) is 5.91 Å². The maximum atomic E-state index is 12.7. The largest absolute Gasteiger partial charge is 0.483 e. The molecule has 2 aromatic heterocycles. The topological polar surface area (TPSA) is 58.6 Å². The number of piperazine rings is 1. The van der Waals surface area contributed by atoms with E-state index >= 15 is 0 Å². The Balaban J connectivity index is 1.19. The van der Waals surface area contributed by atoms with E-state index in [2.05, 4.69) is 32.5 Å². The number of aryl methyl sites for hydroxylation is 1. The maximum Gasteiger partial charge on any atom is 0.260 e. The third-order valence-corrected chi connectivity index (χ3v) is 6.65. The first-order chi connectivity index (χ1) is 14.3. The van der Waals surface area contributed by atoms with Gasteiger partial charge in [-0.05, 0) is 55.4 Å². The van der Waals surface area contributed by atoms with Crippen LogP contribution in [-0.2, 0) is 17.6 Å². The van der Waals surface area contributed by atoms with Crippen LogP contribution in [0.5, 0.6) is 5.75 Å². The summed E-state index contributed by atoms with van der Waals surface area (Å²) in [6.07, 6.45) is 6.14. The van der Waals surface area contributed by atoms with Gasteiger partial charge in [-0.2, -0.15) is 4.37 Å². The number of fused-ring (bicyclic) bond motifs is 2. The van der Waals surface area contributed by atoms with Crippen LogP contribution in [0, 0.1) is 0 Å². The van der Waals surface area contributed by atoms with E-state index in [0.29, 0.717) is 13.1 Å². The molecule has 2 aliphatic rings. The summed E-state index contributed by atoms with van der Waals surface area (Å²) in [5, 5.41) is 1.20. The average Bonchev–Trinajstić information content (AvgIpc) is 3.22. The molecule has 0 unspecified atom stereocenters. The second-order valence-corrected chi connectivity index (χ2v) is 8.41. The van der Waals surface area contributed by atoms with Crippen LogP contribution >= 0.6 is 11.5 Å². The summed E-state index contributed by atoms with van der Waals surface area (Å²) >= 11 is 1.53. The SMILES string of the molecule is O=C(COc1ccnc2c1CCCC2)N1CCN(c2nsc3ccccc23)CC1. The van der Waals surface area contributed by atoms with Crippen LogP contribution in [0.15, 0.2) is 36.5 Å². The Morgan fingerprint density at radius 3 is 2.79 bits per heavy atom. The molecule has 0 bridgehead atoms. The van der Waals surface area contributed by atoms with Gasteiger partial charge in [0.2, 0.25) is 0 Å². The lowest BCUT2D eigenvalue weighted by Gasteiger charge is -2.35. The van der Waals surface area contributed by atoms with Crippen molar-refractivity contribution >= 4 is 33.3 Å². The molecule has 150 valence electrons. The molecule has 1 aromatic carbocycles. The molecular weight excluding hydrogens is 384 g/mol. The Hall–Kier alpha value is -2.67. The monoisotopic (exact) mass is 408 g/mol. The first-order valence-electron chi connectivity index (χ1n) is 10.3. The quantitative estimate of drug-likeness (QED) is 0.663. The number of rotatable bonds is 4. The van der Waals surface area contributed by atoms with Crippen LogP contribution < -0.4 is 9.64 Å². The molecule has 3 aromatic rings. The molecule has 0 saturated carbocycles. The van der Waals surface area contributed by atoms with Gasteiger partial charge in [-0.1, -0.05) is 12.1 Å². The molecule has 1 amide bonds. The Kier molecular flexibility index (Phi) is 5.06. The molecule has 0 atom stereocenters. The van der Waals surface area contributed by atoms with Gasteiger partial charge in [-0.3, -0.25) is 9.78 Å². The average molecular weight is 409 g/mol. The van der Waals surface area contributed by atoms with E-state index in [-0.39, 0.29) is 12.5 Å². The van der Waals surface area contributed by atoms with Crippen LogP contribution in [0.1, 0.15) is 24.1 Å². The highest BCUT2D eigenvalue weighted by atomic mass is 32.1. The molecular formula is C22H24N4O2S. The summed E-state index contributed by atoms with van der Waals surface area (Å²) in [5.41, 5.74) is 2.32. The summed E-state index contributed by atoms with van der Waals surface area (Å²) in [5.74, 6) is 1.92. The van der Waals surface area contributed by atoms with Gasteiger partial charge in [-0.25, -0.2) is 0 Å². The Morgan fingerprint density at radius 2 is 1.90 bits per heavy atom. The van der Waals surface area contributed by atoms with Crippen molar-refractivity contribution in [1.82, 2.24) is 14.3 Å². The number of carbonyl (C=O) groups is 1. The minimum absolute atomic E-state index is 0.0501. The van der Waals surface area contributed by atoms with Gasteiger partial charge >= 0.3 is 0 Å². The van der Waals surface area contributed by atoms with Crippen molar-refractivity contribution in [2.45, 2.75) is 25.7 Å². The fraction of sp³-hybridized carbons (Fsp3) is 0.409. The zero-order valence-corrected chi connectivity index (χ0v) is 17.2. The fourth-order valence-corrected chi connectivity index (χ4v) is 5.02. The van der Waals surface area contributed by atoms with Crippen LogP contribution in [0.25, 0.3) is 10.1 Å². The Morgan fingerprint density at radius 1 is 1.07 bits per heavy atom. The van der Waals surface area contributed by atoms with E-state index in [9.17, 15) is 4.79 Å². The number of amides is 1. The number of aromatic nitrogens is 2. The van der Waals surface area contributed by atoms with Crippen LogP contribution in [0.4, 0.5) is 5.82 Å². The predicted molar refractivity (Wildman–Crippen MR) is 115 cm³/mol. The van der Waals surface area contributed by atoms with Gasteiger partial charge in [0.05, 0.1) is 4.70 Å². The zero-order valence-electron chi connectivity index (χ0n) is 16.3. The van der Waals surface area contributed by atoms with Crippen molar-refractivity contribution < 1.29 is 9.53 Å². The van der Waals surface area contributed by atoms with E-state index in [1.54, 1.807) is 6.20 Å². The third-order valence-electron chi connectivity index (χ3n) is 5.83. The summed E-state index contributed by atoms with van der Waals surface area (Å²) in [6, 6.07) is 10.2.